The van der Waals surface area contributed by atoms with Crippen LogP contribution in [0.1, 0.15) is 91.4 Å². The van der Waals surface area contributed by atoms with Crippen molar-refractivity contribution in [2.45, 2.75) is 97.4 Å². The fraction of sp³-hybridized carbons (Fsp3) is 0.958. The molecule has 148 valence electrons. The summed E-state index contributed by atoms with van der Waals surface area (Å²) in [6, 6.07) is 0.466. The number of carbonyl (C=O) groups is 1. The van der Waals surface area contributed by atoms with Gasteiger partial charge in [-0.2, -0.15) is 0 Å². The van der Waals surface area contributed by atoms with E-state index in [4.69, 9.17) is 5.73 Å². The van der Waals surface area contributed by atoms with Crippen molar-refractivity contribution in [1.29, 1.82) is 0 Å². The monoisotopic (exact) mass is 359 g/mol. The largest absolute Gasteiger partial charge is 0.328 e. The molecule has 4 aliphatic carbocycles. The average Bonchev–Trinajstić information content (AvgIpc) is 2.97. The second kappa shape index (κ2) is 6.90. The summed E-state index contributed by atoms with van der Waals surface area (Å²) in [6.45, 7) is 7.70. The average molecular weight is 360 g/mol. The van der Waals surface area contributed by atoms with Crippen molar-refractivity contribution < 1.29 is 4.79 Å². The number of hydrogen-bond donors (Lipinski definition) is 1. The Labute approximate surface area is 161 Å². The van der Waals surface area contributed by atoms with Gasteiger partial charge >= 0.3 is 0 Å². The number of fused-ring (bicyclic) bond motifs is 5. The van der Waals surface area contributed by atoms with E-state index in [1.54, 1.807) is 0 Å². The van der Waals surface area contributed by atoms with Crippen LogP contribution >= 0.6 is 0 Å². The lowest BCUT2D eigenvalue weighted by molar-refractivity contribution is -0.117. The van der Waals surface area contributed by atoms with Gasteiger partial charge in [-0.1, -0.05) is 20.8 Å². The maximum atomic E-state index is 10.9. The molecule has 0 aromatic heterocycles. The van der Waals surface area contributed by atoms with Crippen molar-refractivity contribution in [3.05, 3.63) is 0 Å². The smallest absolute Gasteiger partial charge is 0.120 e. The van der Waals surface area contributed by atoms with Gasteiger partial charge in [0.1, 0.15) is 6.29 Å². The predicted octanol–water partition coefficient (Wildman–Crippen LogP) is 5.59. The van der Waals surface area contributed by atoms with Crippen molar-refractivity contribution in [2.75, 3.05) is 0 Å². The van der Waals surface area contributed by atoms with Gasteiger partial charge in [-0.05, 0) is 111 Å². The molecular formula is C24H41NO. The SMILES string of the molecule is C[C@H](CCC=O)[C@H]1CC[C@H]2[C@@H]3CCC4C[C@H](N)CC[C@]4(C)[C@H]3CC[C@]12C. The van der Waals surface area contributed by atoms with E-state index in [9.17, 15) is 4.79 Å². The van der Waals surface area contributed by atoms with Crippen molar-refractivity contribution in [3.8, 4) is 0 Å². The zero-order chi connectivity index (χ0) is 18.5. The molecule has 4 saturated carbocycles. The molecule has 4 fully saturated rings. The summed E-state index contributed by atoms with van der Waals surface area (Å²) in [6.07, 6.45) is 15.5. The van der Waals surface area contributed by atoms with Crippen molar-refractivity contribution in [2.24, 2.45) is 52.1 Å². The lowest BCUT2D eigenvalue weighted by Gasteiger charge is -2.61. The first-order valence-electron chi connectivity index (χ1n) is 11.6. The molecular weight excluding hydrogens is 318 g/mol. The third kappa shape index (κ3) is 2.81. The van der Waals surface area contributed by atoms with Crippen LogP contribution in [0, 0.1) is 46.3 Å². The number of aldehydes is 1. The molecule has 9 atom stereocenters. The summed E-state index contributed by atoms with van der Waals surface area (Å²) < 4.78 is 0. The molecule has 0 heterocycles. The summed E-state index contributed by atoms with van der Waals surface area (Å²) >= 11 is 0. The number of hydrogen-bond acceptors (Lipinski definition) is 2. The molecule has 0 aromatic carbocycles. The van der Waals surface area contributed by atoms with Crippen LogP contribution in [0.5, 0.6) is 0 Å². The summed E-state index contributed by atoms with van der Waals surface area (Å²) in [5, 5.41) is 0. The van der Waals surface area contributed by atoms with E-state index in [0.717, 1.165) is 48.7 Å². The van der Waals surface area contributed by atoms with E-state index in [1.165, 1.54) is 57.8 Å². The normalized spacial score (nSPS) is 51.8. The minimum atomic E-state index is 0.466. The highest BCUT2D eigenvalue weighted by Gasteiger charge is 2.60. The Hall–Kier alpha value is -0.370. The molecule has 4 rings (SSSR count). The molecule has 0 aromatic rings. The van der Waals surface area contributed by atoms with E-state index in [1.807, 2.05) is 0 Å². The van der Waals surface area contributed by atoms with Crippen LogP contribution in [0.15, 0.2) is 0 Å². The van der Waals surface area contributed by atoms with Gasteiger partial charge in [0.25, 0.3) is 0 Å². The second-order valence-electron chi connectivity index (χ2n) is 11.1. The van der Waals surface area contributed by atoms with Gasteiger partial charge in [-0.25, -0.2) is 0 Å². The van der Waals surface area contributed by atoms with Gasteiger partial charge < -0.3 is 10.5 Å². The zero-order valence-corrected chi connectivity index (χ0v) is 17.4. The minimum Gasteiger partial charge on any atom is -0.328 e. The molecule has 0 radical (unpaired) electrons. The zero-order valence-electron chi connectivity index (χ0n) is 17.4. The van der Waals surface area contributed by atoms with Crippen molar-refractivity contribution in [1.82, 2.24) is 0 Å². The highest BCUT2D eigenvalue weighted by atomic mass is 16.1. The van der Waals surface area contributed by atoms with E-state index < -0.39 is 0 Å². The Balaban J connectivity index is 1.53. The van der Waals surface area contributed by atoms with E-state index in [2.05, 4.69) is 20.8 Å². The Morgan fingerprint density at radius 1 is 1.00 bits per heavy atom. The first kappa shape index (κ1) is 19.0. The topological polar surface area (TPSA) is 43.1 Å². The summed E-state index contributed by atoms with van der Waals surface area (Å²) in [4.78, 5) is 10.9. The molecule has 26 heavy (non-hydrogen) atoms. The number of rotatable bonds is 4. The highest BCUT2D eigenvalue weighted by molar-refractivity contribution is 5.49. The molecule has 4 aliphatic rings. The van der Waals surface area contributed by atoms with Crippen LogP contribution in [0.2, 0.25) is 0 Å². The van der Waals surface area contributed by atoms with Crippen molar-refractivity contribution >= 4 is 6.29 Å². The number of carbonyl (C=O) groups excluding carboxylic acids is 1. The van der Waals surface area contributed by atoms with Gasteiger partial charge in [0, 0.05) is 12.5 Å². The molecule has 2 N–H and O–H groups in total. The first-order chi connectivity index (χ1) is 12.4. The third-order valence-corrected chi connectivity index (χ3v) is 10.2. The van der Waals surface area contributed by atoms with Gasteiger partial charge in [-0.3, -0.25) is 0 Å². The lowest BCUT2D eigenvalue weighted by atomic mass is 9.44. The molecule has 0 bridgehead atoms. The first-order valence-corrected chi connectivity index (χ1v) is 11.6. The van der Waals surface area contributed by atoms with Gasteiger partial charge in [0.2, 0.25) is 0 Å². The third-order valence-electron chi connectivity index (χ3n) is 10.2. The molecule has 2 heteroatoms. The molecule has 0 amide bonds. The quantitative estimate of drug-likeness (QED) is 0.665. The highest BCUT2D eigenvalue weighted by Crippen LogP contribution is 2.68. The summed E-state index contributed by atoms with van der Waals surface area (Å²) in [7, 11) is 0. The Kier molecular flexibility index (Phi) is 5.04. The fourth-order valence-electron chi connectivity index (χ4n) is 8.80. The van der Waals surface area contributed by atoms with Crippen LogP contribution in [0.25, 0.3) is 0 Å². The van der Waals surface area contributed by atoms with Crippen LogP contribution < -0.4 is 5.73 Å². The molecule has 1 unspecified atom stereocenters. The van der Waals surface area contributed by atoms with E-state index in [-0.39, 0.29) is 0 Å². The summed E-state index contributed by atoms with van der Waals surface area (Å²) in [5.74, 6) is 5.31. The molecule has 0 aliphatic heterocycles. The Morgan fingerprint density at radius 3 is 2.50 bits per heavy atom. The Bertz CT molecular complexity index is 532. The minimum absolute atomic E-state index is 0.466. The van der Waals surface area contributed by atoms with Crippen LogP contribution in [-0.4, -0.2) is 12.3 Å². The van der Waals surface area contributed by atoms with E-state index in [0.29, 0.717) is 22.8 Å². The number of nitrogens with two attached hydrogens (primary N) is 1. The maximum Gasteiger partial charge on any atom is 0.120 e. The van der Waals surface area contributed by atoms with Gasteiger partial charge in [0.05, 0.1) is 0 Å². The molecule has 0 saturated heterocycles. The van der Waals surface area contributed by atoms with Crippen LogP contribution in [0.4, 0.5) is 0 Å². The summed E-state index contributed by atoms with van der Waals surface area (Å²) in [5.41, 5.74) is 7.45. The predicted molar refractivity (Wildman–Crippen MR) is 108 cm³/mol. The molecule has 2 nitrogen and oxygen atoms in total. The van der Waals surface area contributed by atoms with Gasteiger partial charge in [0.15, 0.2) is 0 Å². The Morgan fingerprint density at radius 2 is 1.73 bits per heavy atom. The van der Waals surface area contributed by atoms with Gasteiger partial charge in [-0.15, -0.1) is 0 Å². The standard InChI is InChI=1S/C24H41NO/c1-16(5-4-14-26)20-8-9-21-19-7-6-17-15-18(25)10-12-23(17,2)22(19)11-13-24(20,21)3/h14,16-22H,4-13,15,25H2,1-3H3/t16-,17?,18-,19+,20-,21+,22+,23+,24-/m1/s1. The lowest BCUT2D eigenvalue weighted by Crippen LogP contribution is -2.54. The van der Waals surface area contributed by atoms with Crippen molar-refractivity contribution in [3.63, 3.8) is 0 Å². The van der Waals surface area contributed by atoms with Crippen LogP contribution in [-0.2, 0) is 4.79 Å². The van der Waals surface area contributed by atoms with E-state index >= 15 is 0 Å². The second-order valence-corrected chi connectivity index (χ2v) is 11.1. The fourth-order valence-corrected chi connectivity index (χ4v) is 8.80. The maximum absolute atomic E-state index is 10.9. The van der Waals surface area contributed by atoms with Crippen LogP contribution in [0.3, 0.4) is 0 Å². The molecule has 0 spiro atoms.